The molecule has 0 unspecified atom stereocenters. The van der Waals surface area contributed by atoms with Crippen molar-refractivity contribution in [3.8, 4) is 0 Å². The number of nitrogens with zero attached hydrogens (tertiary/aromatic N) is 2. The molecule has 1 fully saturated rings. The number of carbonyl (C=O) groups excluding carboxylic acids is 1. The van der Waals surface area contributed by atoms with Gasteiger partial charge in [-0.25, -0.2) is 0 Å². The molecule has 0 radical (unpaired) electrons. The van der Waals surface area contributed by atoms with E-state index < -0.39 is 0 Å². The topological polar surface area (TPSA) is 59.2 Å². The largest absolute Gasteiger partial charge is 0.397 e. The standard InChI is InChI=1S/C15H23N3O.ClH/c1-2-18(14-6-4-3-5-7-14)15(19)10-13-9-8-12(16)11-17-13;/h8-9,11,14H,2-7,10,16H2,1H3;1H. The molecule has 1 amide bonds. The molecule has 20 heavy (non-hydrogen) atoms. The second kappa shape index (κ2) is 8.10. The van der Waals surface area contributed by atoms with Crippen LogP contribution in [0.25, 0.3) is 0 Å². The van der Waals surface area contributed by atoms with Crippen molar-refractivity contribution in [3.63, 3.8) is 0 Å². The predicted octanol–water partition coefficient (Wildman–Crippen LogP) is 2.81. The van der Waals surface area contributed by atoms with Crippen molar-refractivity contribution < 1.29 is 4.79 Å². The van der Waals surface area contributed by atoms with Gasteiger partial charge in [0.25, 0.3) is 0 Å². The van der Waals surface area contributed by atoms with Crippen molar-refractivity contribution in [1.29, 1.82) is 0 Å². The Balaban J connectivity index is 0.00000200. The van der Waals surface area contributed by atoms with Crippen LogP contribution in [-0.2, 0) is 11.2 Å². The number of hydrogen-bond donors (Lipinski definition) is 1. The summed E-state index contributed by atoms with van der Waals surface area (Å²) in [6.45, 7) is 2.85. The van der Waals surface area contributed by atoms with Gasteiger partial charge in [-0.05, 0) is 31.9 Å². The Hall–Kier alpha value is -1.29. The molecule has 0 bridgehead atoms. The summed E-state index contributed by atoms with van der Waals surface area (Å²) < 4.78 is 0. The van der Waals surface area contributed by atoms with E-state index in [1.165, 1.54) is 19.3 Å². The van der Waals surface area contributed by atoms with Crippen LogP contribution in [0, 0.1) is 0 Å². The lowest BCUT2D eigenvalue weighted by Crippen LogP contribution is -2.42. The summed E-state index contributed by atoms with van der Waals surface area (Å²) in [7, 11) is 0. The van der Waals surface area contributed by atoms with E-state index in [0.717, 1.165) is 25.1 Å². The Morgan fingerprint density at radius 2 is 2.05 bits per heavy atom. The molecule has 4 nitrogen and oxygen atoms in total. The third-order valence-corrected chi connectivity index (χ3v) is 3.86. The van der Waals surface area contributed by atoms with Gasteiger partial charge in [0.05, 0.1) is 18.3 Å². The van der Waals surface area contributed by atoms with Crippen molar-refractivity contribution in [2.75, 3.05) is 12.3 Å². The number of halogens is 1. The Morgan fingerprint density at radius 3 is 2.60 bits per heavy atom. The van der Waals surface area contributed by atoms with Crippen molar-refractivity contribution >= 4 is 24.0 Å². The fraction of sp³-hybridized carbons (Fsp3) is 0.600. The highest BCUT2D eigenvalue weighted by Gasteiger charge is 2.24. The third kappa shape index (κ3) is 4.37. The van der Waals surface area contributed by atoms with Crippen LogP contribution in [0.15, 0.2) is 18.3 Å². The predicted molar refractivity (Wildman–Crippen MR) is 83.9 cm³/mol. The fourth-order valence-electron chi connectivity index (χ4n) is 2.83. The van der Waals surface area contributed by atoms with Gasteiger partial charge < -0.3 is 10.6 Å². The number of aromatic nitrogens is 1. The average Bonchev–Trinajstić information content (AvgIpc) is 2.43. The zero-order chi connectivity index (χ0) is 13.7. The van der Waals surface area contributed by atoms with Gasteiger partial charge in [0.15, 0.2) is 0 Å². The molecule has 1 aromatic rings. The Bertz CT molecular complexity index is 416. The molecule has 0 spiro atoms. The van der Waals surface area contributed by atoms with Crippen LogP contribution >= 0.6 is 12.4 Å². The van der Waals surface area contributed by atoms with Crippen LogP contribution < -0.4 is 5.73 Å². The number of amides is 1. The molecule has 1 saturated carbocycles. The first-order chi connectivity index (χ1) is 9.20. The summed E-state index contributed by atoms with van der Waals surface area (Å²) in [5.41, 5.74) is 7.04. The molecule has 1 aromatic heterocycles. The van der Waals surface area contributed by atoms with Crippen LogP contribution in [0.3, 0.4) is 0 Å². The van der Waals surface area contributed by atoms with E-state index in [9.17, 15) is 4.79 Å². The summed E-state index contributed by atoms with van der Waals surface area (Å²) in [4.78, 5) is 18.6. The molecular weight excluding hydrogens is 274 g/mol. The Labute approximate surface area is 127 Å². The van der Waals surface area contributed by atoms with Gasteiger partial charge in [-0.2, -0.15) is 0 Å². The summed E-state index contributed by atoms with van der Waals surface area (Å²) >= 11 is 0. The molecular formula is C15H24ClN3O. The normalized spacial score (nSPS) is 15.4. The van der Waals surface area contributed by atoms with Gasteiger partial charge in [-0.1, -0.05) is 19.3 Å². The van der Waals surface area contributed by atoms with Crippen molar-refractivity contribution in [2.24, 2.45) is 0 Å². The first kappa shape index (κ1) is 16.8. The molecule has 2 rings (SSSR count). The third-order valence-electron chi connectivity index (χ3n) is 3.86. The van der Waals surface area contributed by atoms with Crippen LogP contribution in [0.2, 0.25) is 0 Å². The van der Waals surface area contributed by atoms with Gasteiger partial charge in [0.1, 0.15) is 0 Å². The summed E-state index contributed by atoms with van der Waals surface area (Å²) in [6.07, 6.45) is 8.08. The van der Waals surface area contributed by atoms with Crippen LogP contribution in [0.5, 0.6) is 0 Å². The van der Waals surface area contributed by atoms with Crippen molar-refractivity contribution in [3.05, 3.63) is 24.0 Å². The number of nitrogens with two attached hydrogens (primary N) is 1. The maximum atomic E-state index is 12.4. The molecule has 1 heterocycles. The molecule has 0 aliphatic heterocycles. The highest BCUT2D eigenvalue weighted by Crippen LogP contribution is 2.23. The first-order valence-corrected chi connectivity index (χ1v) is 7.20. The SMILES string of the molecule is CCN(C(=O)Cc1ccc(N)cn1)C1CCCCC1.Cl. The van der Waals surface area contributed by atoms with E-state index in [1.54, 1.807) is 12.3 Å². The smallest absolute Gasteiger partial charge is 0.228 e. The summed E-state index contributed by atoms with van der Waals surface area (Å²) in [5, 5.41) is 0. The highest BCUT2D eigenvalue weighted by molar-refractivity contribution is 5.85. The number of likely N-dealkylation sites (N-methyl/N-ethyl adjacent to an activating group) is 1. The second-order valence-corrected chi connectivity index (χ2v) is 5.23. The average molecular weight is 298 g/mol. The van der Waals surface area contributed by atoms with E-state index in [1.807, 2.05) is 11.0 Å². The van der Waals surface area contributed by atoms with E-state index in [-0.39, 0.29) is 18.3 Å². The lowest BCUT2D eigenvalue weighted by atomic mass is 9.94. The van der Waals surface area contributed by atoms with E-state index in [2.05, 4.69) is 11.9 Å². The molecule has 1 aliphatic carbocycles. The molecule has 2 N–H and O–H groups in total. The number of carbonyl (C=O) groups is 1. The highest BCUT2D eigenvalue weighted by atomic mass is 35.5. The maximum absolute atomic E-state index is 12.4. The molecule has 1 aliphatic rings. The van der Waals surface area contributed by atoms with Crippen molar-refractivity contribution in [1.82, 2.24) is 9.88 Å². The zero-order valence-corrected chi connectivity index (χ0v) is 12.9. The maximum Gasteiger partial charge on any atom is 0.228 e. The molecule has 112 valence electrons. The number of nitrogen functional groups attached to an aromatic ring is 1. The van der Waals surface area contributed by atoms with E-state index in [4.69, 9.17) is 5.73 Å². The quantitative estimate of drug-likeness (QED) is 0.929. The van der Waals surface area contributed by atoms with Crippen molar-refractivity contribution in [2.45, 2.75) is 51.5 Å². The number of anilines is 1. The zero-order valence-electron chi connectivity index (χ0n) is 12.0. The van der Waals surface area contributed by atoms with Crippen LogP contribution in [-0.4, -0.2) is 28.4 Å². The summed E-state index contributed by atoms with van der Waals surface area (Å²) in [6, 6.07) is 4.06. The fourth-order valence-corrected chi connectivity index (χ4v) is 2.83. The minimum atomic E-state index is 0. The lowest BCUT2D eigenvalue weighted by molar-refractivity contribution is -0.133. The minimum Gasteiger partial charge on any atom is -0.397 e. The second-order valence-electron chi connectivity index (χ2n) is 5.23. The number of hydrogen-bond acceptors (Lipinski definition) is 3. The molecule has 5 heteroatoms. The number of rotatable bonds is 4. The summed E-state index contributed by atoms with van der Waals surface area (Å²) in [5.74, 6) is 0.187. The Morgan fingerprint density at radius 1 is 1.35 bits per heavy atom. The molecule has 0 aromatic carbocycles. The van der Waals surface area contributed by atoms with Crippen LogP contribution in [0.1, 0.15) is 44.7 Å². The Kier molecular flexibility index (Phi) is 6.79. The van der Waals surface area contributed by atoms with E-state index in [0.29, 0.717) is 18.2 Å². The van der Waals surface area contributed by atoms with Gasteiger partial charge in [0, 0.05) is 18.3 Å². The monoisotopic (exact) mass is 297 g/mol. The minimum absolute atomic E-state index is 0. The molecule has 0 atom stereocenters. The lowest BCUT2D eigenvalue weighted by Gasteiger charge is -2.33. The van der Waals surface area contributed by atoms with Gasteiger partial charge >= 0.3 is 0 Å². The van der Waals surface area contributed by atoms with Crippen LogP contribution in [0.4, 0.5) is 5.69 Å². The first-order valence-electron chi connectivity index (χ1n) is 7.20. The van der Waals surface area contributed by atoms with Gasteiger partial charge in [-0.3, -0.25) is 9.78 Å². The van der Waals surface area contributed by atoms with E-state index >= 15 is 0 Å². The number of pyridine rings is 1. The van der Waals surface area contributed by atoms with Gasteiger partial charge in [-0.15, -0.1) is 12.4 Å². The van der Waals surface area contributed by atoms with Gasteiger partial charge in [0.2, 0.25) is 5.91 Å². The molecule has 0 saturated heterocycles.